The van der Waals surface area contributed by atoms with E-state index in [1.807, 2.05) is 53.6 Å². The van der Waals surface area contributed by atoms with Gasteiger partial charge in [0.25, 0.3) is 0 Å². The number of hydrogen-bond acceptors (Lipinski definition) is 1. The highest BCUT2D eigenvalue weighted by atomic mass is 16.2. The van der Waals surface area contributed by atoms with Crippen LogP contribution in [0.25, 0.3) is 10.9 Å². The van der Waals surface area contributed by atoms with E-state index in [1.54, 1.807) is 18.2 Å². The summed E-state index contributed by atoms with van der Waals surface area (Å²) < 4.78 is 0. The summed E-state index contributed by atoms with van der Waals surface area (Å²) in [5, 5.41) is 1.22. The van der Waals surface area contributed by atoms with Gasteiger partial charge in [-0.1, -0.05) is 67.3 Å². The van der Waals surface area contributed by atoms with E-state index in [4.69, 9.17) is 0 Å². The van der Waals surface area contributed by atoms with E-state index in [2.05, 4.69) is 23.7 Å². The molecule has 0 aliphatic heterocycles. The van der Waals surface area contributed by atoms with Gasteiger partial charge >= 0.3 is 0 Å². The number of aromatic nitrogens is 1. The van der Waals surface area contributed by atoms with Gasteiger partial charge in [-0.3, -0.25) is 4.79 Å². The van der Waals surface area contributed by atoms with Crippen molar-refractivity contribution in [2.24, 2.45) is 0 Å². The number of fused-ring (bicyclic) bond motifs is 1. The van der Waals surface area contributed by atoms with Gasteiger partial charge in [0.15, 0.2) is 0 Å². The van der Waals surface area contributed by atoms with Crippen LogP contribution in [0, 0.1) is 0 Å². The van der Waals surface area contributed by atoms with Gasteiger partial charge in [0.05, 0.1) is 0 Å². The van der Waals surface area contributed by atoms with Crippen LogP contribution in [-0.4, -0.2) is 22.3 Å². The molecule has 0 aliphatic rings. The predicted molar refractivity (Wildman–Crippen MR) is 103 cm³/mol. The summed E-state index contributed by atoms with van der Waals surface area (Å²) in [7, 11) is 0. The minimum absolute atomic E-state index is 0.00333. The van der Waals surface area contributed by atoms with Crippen molar-refractivity contribution in [2.45, 2.75) is 13.0 Å². The summed E-state index contributed by atoms with van der Waals surface area (Å²) in [5.41, 5.74) is 3.49. The van der Waals surface area contributed by atoms with Crippen LogP contribution < -0.4 is 0 Å². The fourth-order valence-corrected chi connectivity index (χ4v) is 2.92. The number of para-hydroxylation sites is 1. The number of hydrogen-bond donors (Lipinski definition) is 1. The second-order valence-corrected chi connectivity index (χ2v) is 5.95. The average molecular weight is 330 g/mol. The molecule has 0 aliphatic carbocycles. The molecule has 0 saturated carbocycles. The number of amides is 1. The summed E-state index contributed by atoms with van der Waals surface area (Å²) in [6.45, 7) is 4.90. The van der Waals surface area contributed by atoms with Crippen molar-refractivity contribution in [3.63, 3.8) is 0 Å². The van der Waals surface area contributed by atoms with Crippen molar-refractivity contribution in [2.75, 3.05) is 6.54 Å². The lowest BCUT2D eigenvalue weighted by molar-refractivity contribution is -0.126. The molecule has 0 bridgehead atoms. The standard InChI is InChI=1S/C22H22N2O/c1-2-3-13-22(25)24(17-18-9-5-4-6-10-18)15-14-19-16-23-21-12-8-7-11-20(19)21/h2-13,16,23H,1,14-15,17H2/b13-3-. The lowest BCUT2D eigenvalue weighted by Crippen LogP contribution is -2.31. The molecule has 126 valence electrons. The van der Waals surface area contributed by atoms with Crippen molar-refractivity contribution in [3.8, 4) is 0 Å². The fraction of sp³-hybridized carbons (Fsp3) is 0.136. The number of rotatable bonds is 7. The Balaban J connectivity index is 1.75. The molecule has 0 saturated heterocycles. The second kappa shape index (κ2) is 8.15. The van der Waals surface area contributed by atoms with Crippen LogP contribution in [0.4, 0.5) is 0 Å². The Morgan fingerprint density at radius 3 is 2.64 bits per heavy atom. The van der Waals surface area contributed by atoms with Gasteiger partial charge in [-0.05, 0) is 23.6 Å². The number of H-pyrrole nitrogens is 1. The Hall–Kier alpha value is -3.07. The van der Waals surface area contributed by atoms with Crippen molar-refractivity contribution >= 4 is 16.8 Å². The minimum atomic E-state index is 0.00333. The summed E-state index contributed by atoms with van der Waals surface area (Å²) in [6, 6.07) is 18.3. The molecule has 0 fully saturated rings. The number of aromatic amines is 1. The molecule has 3 nitrogen and oxygen atoms in total. The van der Waals surface area contributed by atoms with Gasteiger partial charge in [-0.2, -0.15) is 0 Å². The zero-order chi connectivity index (χ0) is 17.5. The number of benzene rings is 2. The molecule has 3 aromatic rings. The minimum Gasteiger partial charge on any atom is -0.361 e. The normalized spacial score (nSPS) is 11.0. The Bertz CT molecular complexity index is 877. The first-order valence-electron chi connectivity index (χ1n) is 8.45. The number of carbonyl (C=O) groups is 1. The molecule has 3 rings (SSSR count). The van der Waals surface area contributed by atoms with E-state index in [0.717, 1.165) is 17.5 Å². The van der Waals surface area contributed by atoms with Gasteiger partial charge in [0.2, 0.25) is 5.91 Å². The van der Waals surface area contributed by atoms with Crippen LogP contribution in [0.2, 0.25) is 0 Å². The largest absolute Gasteiger partial charge is 0.361 e. The number of nitrogens with zero attached hydrogens (tertiary/aromatic N) is 1. The van der Waals surface area contributed by atoms with Crippen LogP contribution in [0.5, 0.6) is 0 Å². The molecule has 2 aromatic carbocycles. The molecular weight excluding hydrogens is 308 g/mol. The highest BCUT2D eigenvalue weighted by Gasteiger charge is 2.12. The molecule has 0 radical (unpaired) electrons. The quantitative estimate of drug-likeness (QED) is 0.503. The Kier molecular flexibility index (Phi) is 5.47. The zero-order valence-electron chi connectivity index (χ0n) is 14.2. The third-order valence-electron chi connectivity index (χ3n) is 4.23. The summed E-state index contributed by atoms with van der Waals surface area (Å²) in [6.07, 6.45) is 7.73. The van der Waals surface area contributed by atoms with Crippen LogP contribution in [0.3, 0.4) is 0 Å². The monoisotopic (exact) mass is 330 g/mol. The maximum absolute atomic E-state index is 12.5. The summed E-state index contributed by atoms with van der Waals surface area (Å²) >= 11 is 0. The Morgan fingerprint density at radius 2 is 1.84 bits per heavy atom. The topological polar surface area (TPSA) is 36.1 Å². The first-order valence-corrected chi connectivity index (χ1v) is 8.45. The molecule has 0 spiro atoms. The van der Waals surface area contributed by atoms with E-state index in [-0.39, 0.29) is 5.91 Å². The predicted octanol–water partition coefficient (Wildman–Crippen LogP) is 4.48. The van der Waals surface area contributed by atoms with Gasteiger partial charge in [0.1, 0.15) is 0 Å². The SMILES string of the molecule is C=C/C=C\C(=O)N(CCc1c[nH]c2ccccc12)Cc1ccccc1. The average Bonchev–Trinajstić information content (AvgIpc) is 3.07. The second-order valence-electron chi connectivity index (χ2n) is 5.95. The molecule has 1 aromatic heterocycles. The van der Waals surface area contributed by atoms with E-state index in [9.17, 15) is 4.79 Å². The summed E-state index contributed by atoms with van der Waals surface area (Å²) in [4.78, 5) is 17.7. The smallest absolute Gasteiger partial charge is 0.246 e. The van der Waals surface area contributed by atoms with Crippen LogP contribution in [-0.2, 0) is 17.8 Å². The number of allylic oxidation sites excluding steroid dienone is 2. The third-order valence-corrected chi connectivity index (χ3v) is 4.23. The van der Waals surface area contributed by atoms with Gasteiger partial charge in [-0.25, -0.2) is 0 Å². The van der Waals surface area contributed by atoms with E-state index in [0.29, 0.717) is 13.1 Å². The lowest BCUT2D eigenvalue weighted by atomic mass is 10.1. The molecule has 0 unspecified atom stereocenters. The molecule has 1 N–H and O–H groups in total. The number of carbonyl (C=O) groups excluding carboxylic acids is 1. The summed E-state index contributed by atoms with van der Waals surface area (Å²) in [5.74, 6) is 0.00333. The van der Waals surface area contributed by atoms with E-state index < -0.39 is 0 Å². The lowest BCUT2D eigenvalue weighted by Gasteiger charge is -2.21. The van der Waals surface area contributed by atoms with Gasteiger partial charge in [0, 0.05) is 36.3 Å². The highest BCUT2D eigenvalue weighted by Crippen LogP contribution is 2.18. The van der Waals surface area contributed by atoms with Crippen molar-refractivity contribution in [1.29, 1.82) is 0 Å². The molecular formula is C22H22N2O. The van der Waals surface area contributed by atoms with Crippen molar-refractivity contribution in [1.82, 2.24) is 9.88 Å². The van der Waals surface area contributed by atoms with Crippen LogP contribution in [0.1, 0.15) is 11.1 Å². The van der Waals surface area contributed by atoms with Crippen molar-refractivity contribution < 1.29 is 4.79 Å². The number of nitrogens with one attached hydrogen (secondary N) is 1. The highest BCUT2D eigenvalue weighted by molar-refractivity contribution is 5.88. The molecule has 3 heteroatoms. The van der Waals surface area contributed by atoms with Gasteiger partial charge < -0.3 is 9.88 Å². The van der Waals surface area contributed by atoms with Gasteiger partial charge in [-0.15, -0.1) is 0 Å². The Labute approximate surface area is 148 Å². The molecule has 0 atom stereocenters. The molecule has 1 heterocycles. The maximum Gasteiger partial charge on any atom is 0.246 e. The van der Waals surface area contributed by atoms with Crippen molar-refractivity contribution in [3.05, 3.63) is 96.7 Å². The maximum atomic E-state index is 12.5. The van der Waals surface area contributed by atoms with Crippen LogP contribution in [0.15, 0.2) is 85.6 Å². The fourth-order valence-electron chi connectivity index (χ4n) is 2.92. The van der Waals surface area contributed by atoms with Crippen LogP contribution >= 0.6 is 0 Å². The first-order chi connectivity index (χ1) is 12.3. The zero-order valence-corrected chi connectivity index (χ0v) is 14.2. The third kappa shape index (κ3) is 4.27. The molecule has 1 amide bonds. The first kappa shape index (κ1) is 16.8. The molecule has 25 heavy (non-hydrogen) atoms. The van der Waals surface area contributed by atoms with E-state index >= 15 is 0 Å². The Morgan fingerprint density at radius 1 is 1.08 bits per heavy atom. The van der Waals surface area contributed by atoms with E-state index in [1.165, 1.54) is 10.9 Å².